The van der Waals surface area contributed by atoms with Crippen molar-refractivity contribution < 1.29 is 14.3 Å². The Morgan fingerprint density at radius 3 is 2.94 bits per heavy atom. The van der Waals surface area contributed by atoms with E-state index in [-0.39, 0.29) is 6.04 Å². The molecule has 1 saturated carbocycles. The summed E-state index contributed by atoms with van der Waals surface area (Å²) in [5.74, 6) is 0.463. The highest BCUT2D eigenvalue weighted by Gasteiger charge is 2.36. The van der Waals surface area contributed by atoms with Gasteiger partial charge in [0.2, 0.25) is 0 Å². The fraction of sp³-hybridized carbons (Fsp3) is 0.583. The zero-order valence-corrected chi connectivity index (χ0v) is 9.35. The third-order valence-electron chi connectivity index (χ3n) is 2.91. The summed E-state index contributed by atoms with van der Waals surface area (Å²) in [5, 5.41) is 12.2. The van der Waals surface area contributed by atoms with Crippen molar-refractivity contribution in [1.29, 1.82) is 0 Å². The molecule has 2 N–H and O–H groups in total. The van der Waals surface area contributed by atoms with Crippen LogP contribution in [0.1, 0.15) is 25.5 Å². The third-order valence-corrected chi connectivity index (χ3v) is 2.91. The quantitative estimate of drug-likeness (QED) is 0.770. The smallest absolute Gasteiger partial charge is 0.320 e. The van der Waals surface area contributed by atoms with Crippen LogP contribution in [0.2, 0.25) is 0 Å². The molecule has 1 fully saturated rings. The summed E-state index contributed by atoms with van der Waals surface area (Å²) in [7, 11) is 0. The van der Waals surface area contributed by atoms with Crippen LogP contribution in [0.15, 0.2) is 22.8 Å². The van der Waals surface area contributed by atoms with Crippen LogP contribution < -0.4 is 5.32 Å². The minimum Gasteiger partial charge on any atom is -0.480 e. The largest absolute Gasteiger partial charge is 0.480 e. The van der Waals surface area contributed by atoms with Gasteiger partial charge in [0.15, 0.2) is 0 Å². The molecule has 88 valence electrons. The maximum absolute atomic E-state index is 11.0. The highest BCUT2D eigenvalue weighted by atomic mass is 16.4. The Kier molecular flexibility index (Phi) is 3.29. The molecule has 1 aliphatic rings. The summed E-state index contributed by atoms with van der Waals surface area (Å²) in [6.45, 7) is 1.99. The van der Waals surface area contributed by atoms with E-state index in [1.54, 1.807) is 6.26 Å². The number of furan rings is 1. The standard InChI is InChI=1S/C12H17NO3/c1-8(7-10-3-2-6-16-10)13-11(12(14)15)9-4-5-9/h2-3,6,8-9,11,13H,4-5,7H2,1H3,(H,14,15). The number of carboxylic acids is 1. The molecule has 0 amide bonds. The van der Waals surface area contributed by atoms with Crippen LogP contribution in [0.25, 0.3) is 0 Å². The first-order valence-electron chi connectivity index (χ1n) is 5.68. The van der Waals surface area contributed by atoms with Crippen molar-refractivity contribution in [2.75, 3.05) is 0 Å². The van der Waals surface area contributed by atoms with Crippen LogP contribution in [-0.4, -0.2) is 23.2 Å². The first-order valence-corrected chi connectivity index (χ1v) is 5.68. The van der Waals surface area contributed by atoms with E-state index in [9.17, 15) is 4.79 Å². The van der Waals surface area contributed by atoms with E-state index in [0.717, 1.165) is 25.0 Å². The summed E-state index contributed by atoms with van der Waals surface area (Å²) in [6.07, 6.45) is 4.41. The highest BCUT2D eigenvalue weighted by molar-refractivity contribution is 5.74. The predicted molar refractivity (Wildman–Crippen MR) is 59.2 cm³/mol. The number of aliphatic carboxylic acids is 1. The molecular formula is C12H17NO3. The van der Waals surface area contributed by atoms with Gasteiger partial charge >= 0.3 is 5.97 Å². The number of carboxylic acid groups (broad SMARTS) is 1. The predicted octanol–water partition coefficient (Wildman–Crippen LogP) is 1.66. The van der Waals surface area contributed by atoms with Gasteiger partial charge in [-0.2, -0.15) is 0 Å². The van der Waals surface area contributed by atoms with Crippen molar-refractivity contribution >= 4 is 5.97 Å². The van der Waals surface area contributed by atoms with E-state index in [2.05, 4.69) is 5.32 Å². The Bertz CT molecular complexity index is 343. The molecule has 16 heavy (non-hydrogen) atoms. The van der Waals surface area contributed by atoms with Crippen molar-refractivity contribution in [3.05, 3.63) is 24.2 Å². The fourth-order valence-electron chi connectivity index (χ4n) is 1.93. The Balaban J connectivity index is 1.85. The summed E-state index contributed by atoms with van der Waals surface area (Å²) >= 11 is 0. The van der Waals surface area contributed by atoms with Gasteiger partial charge < -0.3 is 14.8 Å². The molecule has 0 saturated heterocycles. The molecule has 1 aliphatic carbocycles. The molecule has 2 unspecified atom stereocenters. The zero-order chi connectivity index (χ0) is 11.5. The van der Waals surface area contributed by atoms with E-state index in [0.29, 0.717) is 5.92 Å². The number of nitrogens with one attached hydrogen (secondary N) is 1. The minimum atomic E-state index is -0.742. The molecule has 1 aromatic heterocycles. The normalized spacial score (nSPS) is 19.3. The summed E-state index contributed by atoms with van der Waals surface area (Å²) in [4.78, 5) is 11.0. The third kappa shape index (κ3) is 2.85. The number of hydrogen-bond acceptors (Lipinski definition) is 3. The molecule has 0 aromatic carbocycles. The van der Waals surface area contributed by atoms with E-state index in [4.69, 9.17) is 9.52 Å². The average Bonchev–Trinajstić information content (AvgIpc) is 2.94. The van der Waals surface area contributed by atoms with Gasteiger partial charge in [-0.1, -0.05) is 0 Å². The molecule has 0 spiro atoms. The molecule has 1 heterocycles. The molecular weight excluding hydrogens is 206 g/mol. The Hall–Kier alpha value is -1.29. The van der Waals surface area contributed by atoms with Crippen molar-refractivity contribution in [2.24, 2.45) is 5.92 Å². The molecule has 4 nitrogen and oxygen atoms in total. The second-order valence-electron chi connectivity index (χ2n) is 4.50. The lowest BCUT2D eigenvalue weighted by atomic mass is 10.1. The molecule has 2 rings (SSSR count). The van der Waals surface area contributed by atoms with Crippen LogP contribution in [0, 0.1) is 5.92 Å². The molecule has 1 aromatic rings. The topological polar surface area (TPSA) is 62.5 Å². The lowest BCUT2D eigenvalue weighted by Crippen LogP contribution is -2.44. The van der Waals surface area contributed by atoms with Crippen LogP contribution >= 0.6 is 0 Å². The Labute approximate surface area is 94.6 Å². The average molecular weight is 223 g/mol. The van der Waals surface area contributed by atoms with Crippen LogP contribution in [0.3, 0.4) is 0 Å². The molecule has 4 heteroatoms. The van der Waals surface area contributed by atoms with Crippen LogP contribution in [-0.2, 0) is 11.2 Å². The Morgan fingerprint density at radius 1 is 1.69 bits per heavy atom. The number of hydrogen-bond donors (Lipinski definition) is 2. The van der Waals surface area contributed by atoms with Crippen LogP contribution in [0.5, 0.6) is 0 Å². The first kappa shape index (κ1) is 11.2. The second-order valence-corrected chi connectivity index (χ2v) is 4.50. The second kappa shape index (κ2) is 4.70. The van der Waals surface area contributed by atoms with Crippen LogP contribution in [0.4, 0.5) is 0 Å². The van der Waals surface area contributed by atoms with Crippen molar-refractivity contribution in [1.82, 2.24) is 5.32 Å². The molecule has 0 aliphatic heterocycles. The maximum Gasteiger partial charge on any atom is 0.320 e. The maximum atomic E-state index is 11.0. The minimum absolute atomic E-state index is 0.118. The van der Waals surface area contributed by atoms with Crippen molar-refractivity contribution in [3.8, 4) is 0 Å². The number of carbonyl (C=O) groups is 1. The fourth-order valence-corrected chi connectivity index (χ4v) is 1.93. The SMILES string of the molecule is CC(Cc1ccco1)NC(C(=O)O)C1CC1. The highest BCUT2D eigenvalue weighted by Crippen LogP contribution is 2.33. The molecule has 0 bridgehead atoms. The van der Waals surface area contributed by atoms with Gasteiger partial charge in [-0.15, -0.1) is 0 Å². The van der Waals surface area contributed by atoms with Gasteiger partial charge in [0.25, 0.3) is 0 Å². The van der Waals surface area contributed by atoms with Gasteiger partial charge in [0, 0.05) is 12.5 Å². The van der Waals surface area contributed by atoms with Gasteiger partial charge in [-0.3, -0.25) is 4.79 Å². The lowest BCUT2D eigenvalue weighted by Gasteiger charge is -2.19. The number of rotatable bonds is 6. The van der Waals surface area contributed by atoms with E-state index in [1.807, 2.05) is 19.1 Å². The summed E-state index contributed by atoms with van der Waals surface area (Å²) in [6, 6.07) is 3.47. The molecule has 0 radical (unpaired) electrons. The van der Waals surface area contributed by atoms with E-state index >= 15 is 0 Å². The lowest BCUT2D eigenvalue weighted by molar-refractivity contribution is -0.140. The van der Waals surface area contributed by atoms with Gasteiger partial charge in [0.05, 0.1) is 6.26 Å². The zero-order valence-electron chi connectivity index (χ0n) is 9.35. The summed E-state index contributed by atoms with van der Waals surface area (Å²) in [5.41, 5.74) is 0. The van der Waals surface area contributed by atoms with Crippen molar-refractivity contribution in [3.63, 3.8) is 0 Å². The van der Waals surface area contributed by atoms with E-state index in [1.165, 1.54) is 0 Å². The monoisotopic (exact) mass is 223 g/mol. The first-order chi connectivity index (χ1) is 7.66. The summed E-state index contributed by atoms with van der Waals surface area (Å²) < 4.78 is 5.23. The van der Waals surface area contributed by atoms with Gasteiger partial charge in [0.1, 0.15) is 11.8 Å². The van der Waals surface area contributed by atoms with Crippen molar-refractivity contribution in [2.45, 2.75) is 38.3 Å². The van der Waals surface area contributed by atoms with E-state index < -0.39 is 12.0 Å². The van der Waals surface area contributed by atoms with Gasteiger partial charge in [-0.25, -0.2) is 0 Å². The van der Waals surface area contributed by atoms with Gasteiger partial charge in [-0.05, 0) is 37.8 Å². The Morgan fingerprint density at radius 2 is 2.44 bits per heavy atom. The molecule has 2 atom stereocenters.